The molecule has 0 saturated carbocycles. The average Bonchev–Trinajstić information content (AvgIpc) is 3.09. The minimum Gasteiger partial charge on any atom is -0.480 e. The van der Waals surface area contributed by atoms with Gasteiger partial charge in [0, 0.05) is 17.7 Å². The second-order valence-corrected chi connectivity index (χ2v) is 9.62. The van der Waals surface area contributed by atoms with Gasteiger partial charge in [-0.2, -0.15) is 0 Å². The molecule has 0 amide bonds. The number of aromatic nitrogens is 1. The number of carboxylic acid groups (broad SMARTS) is 1. The molecule has 0 radical (unpaired) electrons. The van der Waals surface area contributed by atoms with E-state index < -0.39 is 21.6 Å². The van der Waals surface area contributed by atoms with Gasteiger partial charge in [-0.25, -0.2) is 12.8 Å². The van der Waals surface area contributed by atoms with Gasteiger partial charge in [-0.3, -0.25) is 4.79 Å². The number of carbonyl (C=O) groups is 1. The van der Waals surface area contributed by atoms with Crippen LogP contribution in [0.1, 0.15) is 16.8 Å². The summed E-state index contributed by atoms with van der Waals surface area (Å²) in [6.45, 7) is 1.43. The Morgan fingerprint density at radius 3 is 2.24 bits per heavy atom. The van der Waals surface area contributed by atoms with E-state index in [2.05, 4.69) is 0 Å². The summed E-state index contributed by atoms with van der Waals surface area (Å²) < 4.78 is 42.6. The first-order valence-electron chi connectivity index (χ1n) is 10.3. The van der Waals surface area contributed by atoms with Crippen molar-refractivity contribution in [3.05, 3.63) is 108 Å². The first-order chi connectivity index (χ1) is 15.8. The zero-order valence-electron chi connectivity index (χ0n) is 17.9. The summed E-state index contributed by atoms with van der Waals surface area (Å²) >= 11 is 0. The van der Waals surface area contributed by atoms with Crippen LogP contribution in [0.2, 0.25) is 0 Å². The topological polar surface area (TPSA) is 76.4 Å². The number of benzene rings is 3. The molecule has 0 atom stereocenters. The van der Waals surface area contributed by atoms with Gasteiger partial charge in [0.2, 0.25) is 9.84 Å². The van der Waals surface area contributed by atoms with Crippen molar-refractivity contribution in [2.45, 2.75) is 29.7 Å². The molecule has 0 aliphatic heterocycles. The SMILES string of the molecule is Cc1c(Cc2ccccc2S(=O)(=O)c2ccccc2)cc(-c2ccccc2F)n1CC(=O)O. The normalized spacial score (nSPS) is 11.5. The molecule has 0 bridgehead atoms. The molecule has 0 aliphatic rings. The highest BCUT2D eigenvalue weighted by molar-refractivity contribution is 7.91. The van der Waals surface area contributed by atoms with Crippen molar-refractivity contribution in [3.8, 4) is 11.3 Å². The lowest BCUT2D eigenvalue weighted by atomic mass is 10.0. The van der Waals surface area contributed by atoms with E-state index in [1.54, 1.807) is 90.4 Å². The number of aliphatic carboxylic acids is 1. The predicted molar refractivity (Wildman–Crippen MR) is 123 cm³/mol. The van der Waals surface area contributed by atoms with E-state index in [9.17, 15) is 22.7 Å². The number of sulfone groups is 1. The van der Waals surface area contributed by atoms with Crippen LogP contribution in [0, 0.1) is 12.7 Å². The van der Waals surface area contributed by atoms with Gasteiger partial charge >= 0.3 is 5.97 Å². The van der Waals surface area contributed by atoms with E-state index >= 15 is 0 Å². The van der Waals surface area contributed by atoms with Crippen LogP contribution in [-0.4, -0.2) is 24.1 Å². The average molecular weight is 464 g/mol. The molecule has 7 heteroatoms. The Hall–Kier alpha value is -3.71. The number of hydrogen-bond acceptors (Lipinski definition) is 3. The first-order valence-corrected chi connectivity index (χ1v) is 11.8. The molecule has 0 spiro atoms. The number of hydrogen-bond donors (Lipinski definition) is 1. The molecule has 5 nitrogen and oxygen atoms in total. The van der Waals surface area contributed by atoms with Crippen LogP contribution in [0.25, 0.3) is 11.3 Å². The lowest BCUT2D eigenvalue weighted by Crippen LogP contribution is -2.12. The Labute approximate surface area is 191 Å². The molecule has 0 unspecified atom stereocenters. The lowest BCUT2D eigenvalue weighted by molar-refractivity contribution is -0.137. The minimum absolute atomic E-state index is 0.189. The molecule has 33 heavy (non-hydrogen) atoms. The van der Waals surface area contributed by atoms with E-state index in [0.717, 1.165) is 5.56 Å². The molecule has 0 aliphatic carbocycles. The van der Waals surface area contributed by atoms with Gasteiger partial charge < -0.3 is 9.67 Å². The van der Waals surface area contributed by atoms with Crippen molar-refractivity contribution in [2.24, 2.45) is 0 Å². The van der Waals surface area contributed by atoms with Crippen LogP contribution >= 0.6 is 0 Å². The maximum absolute atomic E-state index is 14.5. The van der Waals surface area contributed by atoms with Crippen molar-refractivity contribution >= 4 is 15.8 Å². The van der Waals surface area contributed by atoms with E-state index in [-0.39, 0.29) is 22.8 Å². The summed E-state index contributed by atoms with van der Waals surface area (Å²) in [5.74, 6) is -1.51. The van der Waals surface area contributed by atoms with Crippen molar-refractivity contribution in [2.75, 3.05) is 0 Å². The Balaban J connectivity index is 1.82. The highest BCUT2D eigenvalue weighted by Gasteiger charge is 2.23. The van der Waals surface area contributed by atoms with Crippen LogP contribution in [-0.2, 0) is 27.6 Å². The van der Waals surface area contributed by atoms with Gasteiger partial charge in [0.15, 0.2) is 0 Å². The summed E-state index contributed by atoms with van der Waals surface area (Å²) in [6, 6.07) is 22.9. The quantitative estimate of drug-likeness (QED) is 0.413. The minimum atomic E-state index is -3.74. The summed E-state index contributed by atoms with van der Waals surface area (Å²) in [6.07, 6.45) is 0.252. The largest absolute Gasteiger partial charge is 0.480 e. The van der Waals surface area contributed by atoms with Gasteiger partial charge in [-0.05, 0) is 54.4 Å². The highest BCUT2D eigenvalue weighted by atomic mass is 32.2. The standard InChI is InChI=1S/C26H22FNO4S/c1-18-20(16-24(28(18)17-26(29)30)22-12-6-7-13-23(22)27)15-19-9-5-8-14-25(19)33(31,32)21-10-3-2-4-11-21/h2-14,16H,15,17H2,1H3,(H,29,30). The summed E-state index contributed by atoms with van der Waals surface area (Å²) in [4.78, 5) is 11.9. The Bertz CT molecular complexity index is 1430. The smallest absolute Gasteiger partial charge is 0.323 e. The van der Waals surface area contributed by atoms with Crippen LogP contribution in [0.4, 0.5) is 4.39 Å². The van der Waals surface area contributed by atoms with Gasteiger partial charge in [0.25, 0.3) is 0 Å². The monoisotopic (exact) mass is 463 g/mol. The summed E-state index contributed by atoms with van der Waals surface area (Å²) in [5, 5.41) is 9.41. The lowest BCUT2D eigenvalue weighted by Gasteiger charge is -2.12. The van der Waals surface area contributed by atoms with Crippen LogP contribution in [0.3, 0.4) is 0 Å². The molecular weight excluding hydrogens is 441 g/mol. The van der Waals surface area contributed by atoms with Crippen LogP contribution in [0.5, 0.6) is 0 Å². The third kappa shape index (κ3) is 4.45. The fraction of sp³-hybridized carbons (Fsp3) is 0.115. The third-order valence-electron chi connectivity index (χ3n) is 5.61. The molecule has 1 aromatic heterocycles. The van der Waals surface area contributed by atoms with Crippen molar-refractivity contribution in [1.82, 2.24) is 4.57 Å². The van der Waals surface area contributed by atoms with Crippen LogP contribution < -0.4 is 0 Å². The zero-order chi connectivity index (χ0) is 23.6. The molecule has 0 fully saturated rings. The fourth-order valence-electron chi connectivity index (χ4n) is 3.96. The van der Waals surface area contributed by atoms with Crippen molar-refractivity contribution in [3.63, 3.8) is 0 Å². The molecule has 4 aromatic rings. The van der Waals surface area contributed by atoms with Gasteiger partial charge in [-0.15, -0.1) is 0 Å². The second kappa shape index (κ2) is 9.03. The highest BCUT2D eigenvalue weighted by Crippen LogP contribution is 2.31. The van der Waals surface area contributed by atoms with E-state index in [0.29, 0.717) is 22.5 Å². The molecular formula is C26H22FNO4S. The second-order valence-electron chi connectivity index (χ2n) is 7.70. The third-order valence-corrected chi connectivity index (χ3v) is 7.48. The number of halogens is 1. The van der Waals surface area contributed by atoms with E-state index in [1.165, 1.54) is 6.07 Å². The van der Waals surface area contributed by atoms with Gasteiger partial charge in [-0.1, -0.05) is 48.5 Å². The Morgan fingerprint density at radius 2 is 1.55 bits per heavy atom. The van der Waals surface area contributed by atoms with Crippen molar-refractivity contribution < 1.29 is 22.7 Å². The molecule has 3 aromatic carbocycles. The van der Waals surface area contributed by atoms with E-state index in [1.807, 2.05) is 0 Å². The first kappa shape index (κ1) is 22.5. The van der Waals surface area contributed by atoms with Gasteiger partial charge in [0.1, 0.15) is 12.4 Å². The molecule has 1 N–H and O–H groups in total. The molecule has 168 valence electrons. The summed E-state index contributed by atoms with van der Waals surface area (Å²) in [7, 11) is -3.74. The summed E-state index contributed by atoms with van der Waals surface area (Å²) in [5.41, 5.74) is 2.68. The maximum Gasteiger partial charge on any atom is 0.323 e. The zero-order valence-corrected chi connectivity index (χ0v) is 18.7. The maximum atomic E-state index is 14.5. The van der Waals surface area contributed by atoms with Crippen molar-refractivity contribution in [1.29, 1.82) is 0 Å². The number of rotatable bonds is 7. The number of nitrogens with zero attached hydrogens (tertiary/aromatic N) is 1. The predicted octanol–water partition coefficient (Wildman–Crippen LogP) is 5.11. The Kier molecular flexibility index (Phi) is 6.16. The Morgan fingerprint density at radius 1 is 0.909 bits per heavy atom. The molecule has 1 heterocycles. The van der Waals surface area contributed by atoms with Gasteiger partial charge in [0.05, 0.1) is 15.5 Å². The van der Waals surface area contributed by atoms with E-state index in [4.69, 9.17) is 0 Å². The number of carboxylic acids is 1. The fourth-order valence-corrected chi connectivity index (χ4v) is 5.47. The van der Waals surface area contributed by atoms with Crippen LogP contribution in [0.15, 0.2) is 94.7 Å². The molecule has 0 saturated heterocycles. The molecule has 4 rings (SSSR count).